The van der Waals surface area contributed by atoms with Crippen LogP contribution in [0.15, 0.2) is 49.1 Å². The molecule has 226 valence electrons. The minimum absolute atomic E-state index is 0.0470. The third-order valence-electron chi connectivity index (χ3n) is 6.13. The number of rotatable bonds is 10. The van der Waals surface area contributed by atoms with E-state index in [9.17, 15) is 38.6 Å². The molecule has 0 spiro atoms. The highest BCUT2D eigenvalue weighted by Crippen LogP contribution is 2.67. The molecule has 1 fully saturated rings. The zero-order valence-corrected chi connectivity index (χ0v) is 24.0. The summed E-state index contributed by atoms with van der Waals surface area (Å²) >= 11 is 0. The Morgan fingerprint density at radius 2 is 1.62 bits per heavy atom. The Hall–Kier alpha value is -2.82. The van der Waals surface area contributed by atoms with Crippen LogP contribution >= 0.6 is 23.5 Å². The third kappa shape index (κ3) is 6.40. The van der Waals surface area contributed by atoms with Gasteiger partial charge < -0.3 is 35.0 Å². The van der Waals surface area contributed by atoms with Crippen molar-refractivity contribution in [3.63, 3.8) is 0 Å². The second kappa shape index (κ2) is 11.4. The zero-order valence-electron chi connectivity index (χ0n) is 21.3. The smallest absolute Gasteiger partial charge is 0.403 e. The molecule has 21 heteroatoms. The first-order valence-electron chi connectivity index (χ1n) is 11.8. The molecule has 1 saturated heterocycles. The fourth-order valence-corrected chi connectivity index (χ4v) is 7.80. The number of imidazole rings is 1. The number of nitrogen functional groups attached to an aromatic ring is 1. The molecular formula is C21H24N5O13P3. The van der Waals surface area contributed by atoms with Crippen LogP contribution in [0.2, 0.25) is 0 Å². The molecule has 1 aliphatic rings. The van der Waals surface area contributed by atoms with E-state index in [1.165, 1.54) is 17.0 Å². The third-order valence-corrected chi connectivity index (χ3v) is 10.3. The summed E-state index contributed by atoms with van der Waals surface area (Å²) in [5.41, 5.74) is 6.90. The van der Waals surface area contributed by atoms with Crippen LogP contribution < -0.4 is 10.3 Å². The number of nitrogens with zero attached hydrogens (tertiary/aromatic N) is 4. The average molecular weight is 647 g/mol. The van der Waals surface area contributed by atoms with Crippen LogP contribution in [0.3, 0.4) is 0 Å². The van der Waals surface area contributed by atoms with Crippen molar-refractivity contribution in [2.45, 2.75) is 31.5 Å². The van der Waals surface area contributed by atoms with E-state index in [2.05, 4.69) is 28.1 Å². The number of ether oxygens (including phenoxy) is 1. The molecule has 7 N–H and O–H groups in total. The molecule has 0 saturated carbocycles. The van der Waals surface area contributed by atoms with Gasteiger partial charge in [0.05, 0.1) is 12.9 Å². The normalized spacial score (nSPS) is 25.2. The van der Waals surface area contributed by atoms with E-state index in [0.717, 1.165) is 11.9 Å². The molecule has 0 radical (unpaired) electrons. The standard InChI is InChI=1S/C21H24N5O13P3/c1-11-6-7-14(13-5-3-2-4-12(11)13)37-41(31,32)39-42(33,34)38-40(29,30)35-8-15-17(27)18(28)21(36-15)26-10-25-16-19(22)23-9-24-20(16)26/h2-7,9-10,15,17-18,21,27-28H,8H2,1H3,(H,29,30)(H,31,32)(H,33,34)(H2,22,23,24)/t15-,17-,18-,21-/m1/s1. The molecule has 4 aromatic rings. The highest BCUT2D eigenvalue weighted by atomic mass is 31.3. The molecule has 0 amide bonds. The van der Waals surface area contributed by atoms with Crippen LogP contribution in [-0.2, 0) is 31.6 Å². The van der Waals surface area contributed by atoms with E-state index in [1.54, 1.807) is 37.3 Å². The van der Waals surface area contributed by atoms with Crippen LogP contribution in [-0.4, -0.2) is 69.3 Å². The van der Waals surface area contributed by atoms with Crippen LogP contribution in [0.1, 0.15) is 11.8 Å². The number of nitrogens with two attached hydrogens (primary N) is 1. The van der Waals surface area contributed by atoms with Gasteiger partial charge in [-0.25, -0.2) is 28.6 Å². The first-order chi connectivity index (χ1) is 19.7. The minimum atomic E-state index is -5.78. The Bertz CT molecular complexity index is 1790. The van der Waals surface area contributed by atoms with Crippen molar-refractivity contribution in [1.29, 1.82) is 0 Å². The second-order valence-corrected chi connectivity index (χ2v) is 13.6. The first-order valence-corrected chi connectivity index (χ1v) is 16.3. The topological polar surface area (TPSA) is 268 Å². The first kappa shape index (κ1) is 30.6. The maximum atomic E-state index is 12.5. The number of anilines is 1. The largest absolute Gasteiger partial charge is 0.536 e. The predicted octanol–water partition coefficient (Wildman–Crippen LogP) is 1.92. The van der Waals surface area contributed by atoms with Gasteiger partial charge >= 0.3 is 23.5 Å². The Kier molecular flexibility index (Phi) is 8.28. The van der Waals surface area contributed by atoms with Gasteiger partial charge in [0.2, 0.25) is 0 Å². The Balaban J connectivity index is 1.22. The number of phosphoric acid groups is 3. The zero-order chi connectivity index (χ0) is 30.4. The van der Waals surface area contributed by atoms with Crippen molar-refractivity contribution in [1.82, 2.24) is 19.5 Å². The maximum absolute atomic E-state index is 12.5. The van der Waals surface area contributed by atoms with Gasteiger partial charge in [-0.2, -0.15) is 8.62 Å². The molecule has 5 rings (SSSR count). The number of aliphatic hydroxyl groups is 2. The van der Waals surface area contributed by atoms with Gasteiger partial charge in [-0.15, -0.1) is 0 Å². The van der Waals surface area contributed by atoms with Crippen molar-refractivity contribution < 1.29 is 61.0 Å². The van der Waals surface area contributed by atoms with Gasteiger partial charge in [-0.05, 0) is 23.9 Å². The van der Waals surface area contributed by atoms with Crippen molar-refractivity contribution in [2.75, 3.05) is 12.3 Å². The highest BCUT2D eigenvalue weighted by molar-refractivity contribution is 7.67. The van der Waals surface area contributed by atoms with E-state index in [1.807, 2.05) is 0 Å². The number of aliphatic hydroxyl groups excluding tert-OH is 2. The second-order valence-electron chi connectivity index (χ2n) is 9.01. The van der Waals surface area contributed by atoms with Gasteiger partial charge in [-0.3, -0.25) is 14.0 Å². The number of phosphoric ester groups is 2. The van der Waals surface area contributed by atoms with Gasteiger partial charge in [0, 0.05) is 5.39 Å². The molecule has 2 aromatic heterocycles. The molecule has 1 aliphatic heterocycles. The van der Waals surface area contributed by atoms with Crippen LogP contribution in [0.4, 0.5) is 5.82 Å². The monoisotopic (exact) mass is 647 g/mol. The number of hydrogen-bond donors (Lipinski definition) is 6. The van der Waals surface area contributed by atoms with Gasteiger partial charge in [0.15, 0.2) is 17.7 Å². The van der Waals surface area contributed by atoms with Crippen molar-refractivity contribution >= 4 is 51.2 Å². The van der Waals surface area contributed by atoms with E-state index < -0.39 is 54.6 Å². The molecule has 7 atom stereocenters. The van der Waals surface area contributed by atoms with Gasteiger partial charge in [0.25, 0.3) is 0 Å². The summed E-state index contributed by atoms with van der Waals surface area (Å²) in [6.07, 6.45) is -3.69. The van der Waals surface area contributed by atoms with E-state index in [0.29, 0.717) is 10.8 Å². The number of aryl methyl sites for hydroxylation is 1. The van der Waals surface area contributed by atoms with Crippen molar-refractivity contribution in [3.05, 3.63) is 54.6 Å². The summed E-state index contributed by atoms with van der Waals surface area (Å²) < 4.78 is 61.9. The van der Waals surface area contributed by atoms with Crippen LogP contribution in [0.5, 0.6) is 5.75 Å². The van der Waals surface area contributed by atoms with E-state index in [-0.39, 0.29) is 22.7 Å². The minimum Gasteiger partial charge on any atom is -0.403 e. The fraction of sp³-hybridized carbons (Fsp3) is 0.286. The SMILES string of the molecule is Cc1ccc(OP(=O)(O)OP(=O)(O)OP(=O)(O)OC[C@H]2O[C@@H](n3cnc4c(N)ncnc43)[C@H](O)[C@@H]2O)c2ccccc12. The lowest BCUT2D eigenvalue weighted by Gasteiger charge is -2.20. The molecule has 3 heterocycles. The summed E-state index contributed by atoms with van der Waals surface area (Å²) in [7, 11) is -16.7. The highest BCUT2D eigenvalue weighted by Gasteiger charge is 2.47. The quantitative estimate of drug-likeness (QED) is 0.134. The predicted molar refractivity (Wildman–Crippen MR) is 143 cm³/mol. The molecule has 2 aromatic carbocycles. The summed E-state index contributed by atoms with van der Waals surface area (Å²) in [5, 5.41) is 21.9. The number of fused-ring (bicyclic) bond motifs is 2. The summed E-state index contributed by atoms with van der Waals surface area (Å²) in [6.45, 7) is 0.839. The Morgan fingerprint density at radius 1 is 0.929 bits per heavy atom. The number of hydrogen-bond acceptors (Lipinski definition) is 14. The Labute approximate surface area is 236 Å². The lowest BCUT2D eigenvalue weighted by Crippen LogP contribution is -2.33. The summed E-state index contributed by atoms with van der Waals surface area (Å²) in [6, 6.07) is 9.55. The maximum Gasteiger partial charge on any atom is 0.536 e. The lowest BCUT2D eigenvalue weighted by atomic mass is 10.1. The molecule has 18 nitrogen and oxygen atoms in total. The van der Waals surface area contributed by atoms with Gasteiger partial charge in [0.1, 0.15) is 35.9 Å². The average Bonchev–Trinajstić information content (AvgIpc) is 3.45. The van der Waals surface area contributed by atoms with Crippen molar-refractivity contribution in [3.8, 4) is 5.75 Å². The number of aromatic nitrogens is 4. The van der Waals surface area contributed by atoms with Crippen molar-refractivity contribution in [2.24, 2.45) is 0 Å². The van der Waals surface area contributed by atoms with Crippen LogP contribution in [0.25, 0.3) is 21.9 Å². The molecular weight excluding hydrogens is 623 g/mol. The Morgan fingerprint density at radius 3 is 2.36 bits per heavy atom. The molecule has 0 aliphatic carbocycles. The van der Waals surface area contributed by atoms with Gasteiger partial charge in [-0.1, -0.05) is 30.3 Å². The lowest BCUT2D eigenvalue weighted by molar-refractivity contribution is -0.0503. The fourth-order valence-electron chi connectivity index (χ4n) is 4.26. The van der Waals surface area contributed by atoms with E-state index >= 15 is 0 Å². The van der Waals surface area contributed by atoms with E-state index in [4.69, 9.17) is 15.0 Å². The summed E-state index contributed by atoms with van der Waals surface area (Å²) in [5.74, 6) is -0.128. The number of benzene rings is 2. The summed E-state index contributed by atoms with van der Waals surface area (Å²) in [4.78, 5) is 41.8. The molecule has 42 heavy (non-hydrogen) atoms. The molecule has 0 bridgehead atoms. The van der Waals surface area contributed by atoms with Crippen LogP contribution in [0, 0.1) is 6.92 Å². The molecule has 3 unspecified atom stereocenters.